The molecule has 2 aromatic rings. The number of ether oxygens (including phenoxy) is 2. The highest BCUT2D eigenvalue weighted by Gasteiger charge is 2.17. The molecule has 0 saturated heterocycles. The molecule has 3 rings (SSSR count). The van der Waals surface area contributed by atoms with E-state index >= 15 is 0 Å². The summed E-state index contributed by atoms with van der Waals surface area (Å²) in [5.74, 6) is 0.900. The maximum Gasteiger partial charge on any atom is 0.251 e. The number of hydrogen-bond acceptors (Lipinski definition) is 5. The van der Waals surface area contributed by atoms with Crippen LogP contribution in [-0.2, 0) is 16.1 Å². The molecule has 1 aliphatic heterocycles. The van der Waals surface area contributed by atoms with Crippen LogP contribution in [0.15, 0.2) is 47.4 Å². The summed E-state index contributed by atoms with van der Waals surface area (Å²) in [7, 11) is 1.63. The Hall–Kier alpha value is -2.51. The maximum absolute atomic E-state index is 12.4. The summed E-state index contributed by atoms with van der Waals surface area (Å²) in [6.45, 7) is 1.39. The predicted octanol–water partition coefficient (Wildman–Crippen LogP) is 2.69. The van der Waals surface area contributed by atoms with Crippen LogP contribution in [-0.4, -0.2) is 37.9 Å². The molecule has 0 spiro atoms. The van der Waals surface area contributed by atoms with Gasteiger partial charge in [0.2, 0.25) is 5.91 Å². The second-order valence-corrected chi connectivity index (χ2v) is 6.74. The van der Waals surface area contributed by atoms with E-state index in [1.54, 1.807) is 19.2 Å². The van der Waals surface area contributed by atoms with Crippen LogP contribution < -0.4 is 15.4 Å². The Kier molecular flexibility index (Phi) is 6.14. The van der Waals surface area contributed by atoms with Crippen LogP contribution in [0.4, 0.5) is 5.69 Å². The van der Waals surface area contributed by atoms with Crippen molar-refractivity contribution in [1.82, 2.24) is 5.32 Å². The summed E-state index contributed by atoms with van der Waals surface area (Å²) in [4.78, 5) is 24.9. The van der Waals surface area contributed by atoms with Crippen LogP contribution in [0.25, 0.3) is 0 Å². The highest BCUT2D eigenvalue weighted by Crippen LogP contribution is 2.31. The quantitative estimate of drug-likeness (QED) is 0.731. The third-order valence-corrected chi connectivity index (χ3v) is 4.86. The maximum atomic E-state index is 12.4. The third kappa shape index (κ3) is 4.77. The van der Waals surface area contributed by atoms with Crippen LogP contribution in [0.2, 0.25) is 0 Å². The molecule has 0 saturated carbocycles. The molecule has 2 amide bonds. The number of benzene rings is 2. The molecule has 6 nitrogen and oxygen atoms in total. The number of rotatable bonds is 7. The van der Waals surface area contributed by atoms with Gasteiger partial charge in [-0.25, -0.2) is 0 Å². The number of anilines is 1. The van der Waals surface area contributed by atoms with Crippen molar-refractivity contribution in [3.8, 4) is 5.75 Å². The van der Waals surface area contributed by atoms with E-state index in [1.807, 2.05) is 30.3 Å². The fourth-order valence-electron chi connectivity index (χ4n) is 2.50. The van der Waals surface area contributed by atoms with Gasteiger partial charge in [-0.05, 0) is 35.9 Å². The van der Waals surface area contributed by atoms with Gasteiger partial charge in [-0.15, -0.1) is 11.8 Å². The first-order valence-corrected chi connectivity index (χ1v) is 9.20. The lowest BCUT2D eigenvalue weighted by Gasteiger charge is -2.17. The zero-order valence-corrected chi connectivity index (χ0v) is 15.2. The van der Waals surface area contributed by atoms with Gasteiger partial charge in [0.05, 0.1) is 18.0 Å². The summed E-state index contributed by atoms with van der Waals surface area (Å²) in [5.41, 5.74) is 2.14. The first kappa shape index (κ1) is 18.3. The number of thioether (sulfide) groups is 1. The molecule has 0 atom stereocenters. The Labute approximate surface area is 156 Å². The summed E-state index contributed by atoms with van der Waals surface area (Å²) in [6.07, 6.45) is 0. The van der Waals surface area contributed by atoms with E-state index in [-0.39, 0.29) is 11.8 Å². The lowest BCUT2D eigenvalue weighted by molar-refractivity contribution is -0.113. The number of fused-ring (bicyclic) bond motifs is 1. The lowest BCUT2D eigenvalue weighted by atomic mass is 10.1. The van der Waals surface area contributed by atoms with E-state index in [0.29, 0.717) is 36.8 Å². The highest BCUT2D eigenvalue weighted by atomic mass is 32.2. The molecule has 0 aromatic heterocycles. The standard InChI is InChI=1S/C19H20N2O4S/c1-24-7-8-25-15-4-2-3-13(9-15)11-20-19(23)14-5-6-17-16(10-14)21-18(22)12-26-17/h2-6,9-10H,7-8,11-12H2,1H3,(H,20,23)(H,21,22). The zero-order chi connectivity index (χ0) is 18.4. The normalized spacial score (nSPS) is 12.9. The van der Waals surface area contributed by atoms with Crippen molar-refractivity contribution < 1.29 is 19.1 Å². The minimum atomic E-state index is -0.191. The number of hydrogen-bond donors (Lipinski definition) is 2. The monoisotopic (exact) mass is 372 g/mol. The van der Waals surface area contributed by atoms with Crippen molar-refractivity contribution in [2.45, 2.75) is 11.4 Å². The molecule has 1 aliphatic rings. The second kappa shape index (κ2) is 8.73. The highest BCUT2D eigenvalue weighted by molar-refractivity contribution is 8.00. The topological polar surface area (TPSA) is 76.7 Å². The number of methoxy groups -OCH3 is 1. The average molecular weight is 372 g/mol. The van der Waals surface area contributed by atoms with Gasteiger partial charge in [-0.3, -0.25) is 9.59 Å². The molecule has 0 bridgehead atoms. The molecule has 0 radical (unpaired) electrons. The van der Waals surface area contributed by atoms with Crippen LogP contribution >= 0.6 is 11.8 Å². The Morgan fingerprint density at radius 1 is 1.23 bits per heavy atom. The lowest BCUT2D eigenvalue weighted by Crippen LogP contribution is -2.24. The Morgan fingerprint density at radius 2 is 2.12 bits per heavy atom. The Balaban J connectivity index is 1.60. The summed E-state index contributed by atoms with van der Waals surface area (Å²) < 4.78 is 10.5. The van der Waals surface area contributed by atoms with E-state index in [4.69, 9.17) is 9.47 Å². The van der Waals surface area contributed by atoms with Gasteiger partial charge in [-0.1, -0.05) is 12.1 Å². The SMILES string of the molecule is COCCOc1cccc(CNC(=O)c2ccc3c(c2)NC(=O)CS3)c1. The van der Waals surface area contributed by atoms with Gasteiger partial charge in [0, 0.05) is 24.1 Å². The van der Waals surface area contributed by atoms with Crippen LogP contribution in [0.5, 0.6) is 5.75 Å². The van der Waals surface area contributed by atoms with Gasteiger partial charge < -0.3 is 20.1 Å². The van der Waals surface area contributed by atoms with Crippen molar-refractivity contribution in [2.24, 2.45) is 0 Å². The van der Waals surface area contributed by atoms with Crippen molar-refractivity contribution in [1.29, 1.82) is 0 Å². The molecule has 2 N–H and O–H groups in total. The van der Waals surface area contributed by atoms with Crippen molar-refractivity contribution in [3.63, 3.8) is 0 Å². The summed E-state index contributed by atoms with van der Waals surface area (Å²) in [5, 5.41) is 5.68. The number of carbonyl (C=O) groups excluding carboxylic acids is 2. The first-order valence-electron chi connectivity index (χ1n) is 8.21. The van der Waals surface area contributed by atoms with E-state index in [1.165, 1.54) is 11.8 Å². The number of amides is 2. The van der Waals surface area contributed by atoms with Crippen LogP contribution in [0, 0.1) is 0 Å². The van der Waals surface area contributed by atoms with Gasteiger partial charge in [0.25, 0.3) is 5.91 Å². The van der Waals surface area contributed by atoms with Gasteiger partial charge in [0.1, 0.15) is 12.4 Å². The van der Waals surface area contributed by atoms with Crippen LogP contribution in [0.1, 0.15) is 15.9 Å². The molecule has 26 heavy (non-hydrogen) atoms. The van der Waals surface area contributed by atoms with Gasteiger partial charge in [-0.2, -0.15) is 0 Å². The third-order valence-electron chi connectivity index (χ3n) is 3.78. The minimum Gasteiger partial charge on any atom is -0.491 e. The molecule has 0 aliphatic carbocycles. The molecule has 0 fully saturated rings. The van der Waals surface area contributed by atoms with Crippen molar-refractivity contribution in [3.05, 3.63) is 53.6 Å². The first-order chi connectivity index (χ1) is 12.7. The number of nitrogens with one attached hydrogen (secondary N) is 2. The molecule has 1 heterocycles. The second-order valence-electron chi connectivity index (χ2n) is 5.72. The summed E-state index contributed by atoms with van der Waals surface area (Å²) in [6, 6.07) is 12.9. The molecule has 7 heteroatoms. The number of carbonyl (C=O) groups is 2. The van der Waals surface area contributed by atoms with E-state index < -0.39 is 0 Å². The predicted molar refractivity (Wildman–Crippen MR) is 101 cm³/mol. The largest absolute Gasteiger partial charge is 0.491 e. The fourth-order valence-corrected chi connectivity index (χ4v) is 3.29. The van der Waals surface area contributed by atoms with Crippen molar-refractivity contribution >= 4 is 29.3 Å². The van der Waals surface area contributed by atoms with E-state index in [0.717, 1.165) is 16.2 Å². The van der Waals surface area contributed by atoms with Crippen LogP contribution in [0.3, 0.4) is 0 Å². The fraction of sp³-hybridized carbons (Fsp3) is 0.263. The Morgan fingerprint density at radius 3 is 2.96 bits per heavy atom. The molecular weight excluding hydrogens is 352 g/mol. The average Bonchev–Trinajstić information content (AvgIpc) is 2.66. The molecule has 0 unspecified atom stereocenters. The molecule has 136 valence electrons. The molecule has 2 aromatic carbocycles. The van der Waals surface area contributed by atoms with Gasteiger partial charge in [0.15, 0.2) is 0 Å². The van der Waals surface area contributed by atoms with E-state index in [9.17, 15) is 9.59 Å². The smallest absolute Gasteiger partial charge is 0.251 e. The van der Waals surface area contributed by atoms with E-state index in [2.05, 4.69) is 10.6 Å². The molecular formula is C19H20N2O4S. The van der Waals surface area contributed by atoms with Crippen molar-refractivity contribution in [2.75, 3.05) is 31.4 Å². The zero-order valence-electron chi connectivity index (χ0n) is 14.4. The summed E-state index contributed by atoms with van der Waals surface area (Å²) >= 11 is 1.47. The van der Waals surface area contributed by atoms with Gasteiger partial charge >= 0.3 is 0 Å². The Bertz CT molecular complexity index is 810. The minimum absolute atomic E-state index is 0.0506.